The van der Waals surface area contributed by atoms with Crippen molar-refractivity contribution in [3.63, 3.8) is 0 Å². The van der Waals surface area contributed by atoms with E-state index in [9.17, 15) is 4.79 Å². The highest BCUT2D eigenvalue weighted by atomic mass is 16.5. The molecule has 0 aromatic carbocycles. The summed E-state index contributed by atoms with van der Waals surface area (Å²) in [7, 11) is 0. The van der Waals surface area contributed by atoms with E-state index in [4.69, 9.17) is 4.74 Å². The molecule has 2 atom stereocenters. The second-order valence-corrected chi connectivity index (χ2v) is 4.19. The molecule has 17 heavy (non-hydrogen) atoms. The maximum Gasteiger partial charge on any atom is 0.309 e. The summed E-state index contributed by atoms with van der Waals surface area (Å²) in [6, 6.07) is 3.94. The van der Waals surface area contributed by atoms with Crippen molar-refractivity contribution < 1.29 is 9.53 Å². The minimum absolute atomic E-state index is 0.0656. The van der Waals surface area contributed by atoms with Crippen molar-refractivity contribution in [2.45, 2.75) is 25.7 Å². The summed E-state index contributed by atoms with van der Waals surface area (Å²) in [4.78, 5) is 16.0. The second-order valence-electron chi connectivity index (χ2n) is 4.19. The predicted octanol–water partition coefficient (Wildman–Crippen LogP) is 2.69. The molecule has 0 N–H and O–H groups in total. The number of carbonyl (C=O) groups excluding carboxylic acids is 1. The van der Waals surface area contributed by atoms with Crippen LogP contribution in [0.25, 0.3) is 0 Å². The lowest BCUT2D eigenvalue weighted by Crippen LogP contribution is -2.26. The largest absolute Gasteiger partial charge is 0.466 e. The van der Waals surface area contributed by atoms with E-state index in [2.05, 4.69) is 17.1 Å². The molecule has 0 aliphatic heterocycles. The predicted molar refractivity (Wildman–Crippen MR) is 65.5 cm³/mol. The average Bonchev–Trinajstić information content (AvgIpc) is 2.40. The number of nitrogens with zero attached hydrogens (tertiary/aromatic N) is 1. The van der Waals surface area contributed by atoms with Gasteiger partial charge in [0.1, 0.15) is 0 Å². The molecule has 3 heteroatoms. The number of aromatic nitrogens is 1. The molecule has 0 saturated heterocycles. The highest BCUT2D eigenvalue weighted by Gasteiger charge is 2.31. The molecule has 0 saturated carbocycles. The minimum Gasteiger partial charge on any atom is -0.466 e. The third kappa shape index (κ3) is 2.73. The van der Waals surface area contributed by atoms with Gasteiger partial charge in [0.2, 0.25) is 0 Å². The van der Waals surface area contributed by atoms with Gasteiger partial charge in [0.05, 0.1) is 12.5 Å². The molecule has 1 heterocycles. The zero-order valence-corrected chi connectivity index (χ0v) is 10.0. The molecule has 0 bridgehead atoms. The van der Waals surface area contributed by atoms with E-state index in [1.165, 1.54) is 0 Å². The normalized spacial score (nSPS) is 23.4. The molecule has 1 aromatic rings. The summed E-state index contributed by atoms with van der Waals surface area (Å²) in [6.45, 7) is 2.29. The zero-order valence-electron chi connectivity index (χ0n) is 10.0. The lowest BCUT2D eigenvalue weighted by Gasteiger charge is -2.26. The van der Waals surface area contributed by atoms with Crippen molar-refractivity contribution >= 4 is 5.97 Å². The van der Waals surface area contributed by atoms with Gasteiger partial charge in [0.15, 0.2) is 0 Å². The fourth-order valence-electron chi connectivity index (χ4n) is 2.29. The molecular weight excluding hydrogens is 214 g/mol. The van der Waals surface area contributed by atoms with Crippen LogP contribution < -0.4 is 0 Å². The van der Waals surface area contributed by atoms with Gasteiger partial charge in [-0.05, 0) is 31.4 Å². The van der Waals surface area contributed by atoms with Gasteiger partial charge in [0, 0.05) is 18.3 Å². The average molecular weight is 231 g/mol. The summed E-state index contributed by atoms with van der Waals surface area (Å²) < 4.78 is 5.14. The molecule has 0 radical (unpaired) electrons. The third-order valence-corrected chi connectivity index (χ3v) is 3.13. The topological polar surface area (TPSA) is 39.2 Å². The van der Waals surface area contributed by atoms with Crippen LogP contribution in [-0.2, 0) is 9.53 Å². The van der Waals surface area contributed by atoms with Crippen molar-refractivity contribution in [1.82, 2.24) is 4.98 Å². The Hall–Kier alpha value is -1.64. The lowest BCUT2D eigenvalue weighted by molar-refractivity contribution is -0.148. The monoisotopic (exact) mass is 231 g/mol. The SMILES string of the molecule is CCOC(=O)[C@H]1CC=CC[C@@H]1c1cccnc1. The molecule has 1 aliphatic rings. The van der Waals surface area contributed by atoms with E-state index in [0.717, 1.165) is 18.4 Å². The van der Waals surface area contributed by atoms with Crippen molar-refractivity contribution in [2.24, 2.45) is 5.92 Å². The van der Waals surface area contributed by atoms with E-state index in [1.807, 2.05) is 25.3 Å². The van der Waals surface area contributed by atoms with E-state index in [0.29, 0.717) is 6.61 Å². The molecule has 2 rings (SSSR count). The fraction of sp³-hybridized carbons (Fsp3) is 0.429. The Kier molecular flexibility index (Phi) is 3.91. The molecule has 0 unspecified atom stereocenters. The summed E-state index contributed by atoms with van der Waals surface area (Å²) in [5.74, 6) is 0.0441. The first kappa shape index (κ1) is 11.8. The van der Waals surface area contributed by atoms with E-state index in [1.54, 1.807) is 6.20 Å². The number of rotatable bonds is 3. The van der Waals surface area contributed by atoms with Crippen LogP contribution in [0, 0.1) is 5.92 Å². The first-order valence-corrected chi connectivity index (χ1v) is 6.04. The van der Waals surface area contributed by atoms with Crippen molar-refractivity contribution in [2.75, 3.05) is 6.61 Å². The van der Waals surface area contributed by atoms with E-state index < -0.39 is 0 Å². The van der Waals surface area contributed by atoms with Gasteiger partial charge in [-0.2, -0.15) is 0 Å². The first-order chi connectivity index (χ1) is 8.33. The Bertz CT molecular complexity index is 400. The van der Waals surface area contributed by atoms with Crippen LogP contribution in [-0.4, -0.2) is 17.6 Å². The van der Waals surface area contributed by atoms with Gasteiger partial charge < -0.3 is 4.74 Å². The molecular formula is C14H17NO2. The van der Waals surface area contributed by atoms with E-state index in [-0.39, 0.29) is 17.8 Å². The Balaban J connectivity index is 2.19. The number of pyridine rings is 1. The molecule has 1 aromatic heterocycles. The summed E-state index contributed by atoms with van der Waals surface area (Å²) in [5.41, 5.74) is 1.12. The lowest BCUT2D eigenvalue weighted by atomic mass is 9.79. The third-order valence-electron chi connectivity index (χ3n) is 3.13. The molecule has 3 nitrogen and oxygen atoms in total. The first-order valence-electron chi connectivity index (χ1n) is 6.04. The number of ether oxygens (including phenoxy) is 1. The molecule has 90 valence electrons. The van der Waals surface area contributed by atoms with Crippen LogP contribution in [0.4, 0.5) is 0 Å². The van der Waals surface area contributed by atoms with Gasteiger partial charge in [-0.1, -0.05) is 18.2 Å². The number of hydrogen-bond donors (Lipinski definition) is 0. The molecule has 1 aliphatic carbocycles. The van der Waals surface area contributed by atoms with Crippen LogP contribution in [0.1, 0.15) is 31.2 Å². The quantitative estimate of drug-likeness (QED) is 0.593. The number of carbonyl (C=O) groups is 1. The fourth-order valence-corrected chi connectivity index (χ4v) is 2.29. The van der Waals surface area contributed by atoms with Gasteiger partial charge in [-0.3, -0.25) is 9.78 Å². The van der Waals surface area contributed by atoms with Gasteiger partial charge in [0.25, 0.3) is 0 Å². The maximum absolute atomic E-state index is 11.9. The molecule has 0 spiro atoms. The van der Waals surface area contributed by atoms with Crippen molar-refractivity contribution in [3.05, 3.63) is 42.2 Å². The number of hydrogen-bond acceptors (Lipinski definition) is 3. The summed E-state index contributed by atoms with van der Waals surface area (Å²) >= 11 is 0. The zero-order chi connectivity index (χ0) is 12.1. The minimum atomic E-state index is -0.0919. The standard InChI is InChI=1S/C14H17NO2/c1-2-17-14(16)13-8-4-3-7-12(13)11-6-5-9-15-10-11/h3-6,9-10,12-13H,2,7-8H2,1H3/t12-,13+/m1/s1. The van der Waals surface area contributed by atoms with Crippen LogP contribution in [0.2, 0.25) is 0 Å². The second kappa shape index (κ2) is 5.62. The van der Waals surface area contributed by atoms with Crippen LogP contribution >= 0.6 is 0 Å². The van der Waals surface area contributed by atoms with Crippen LogP contribution in [0.3, 0.4) is 0 Å². The van der Waals surface area contributed by atoms with Crippen LogP contribution in [0.5, 0.6) is 0 Å². The maximum atomic E-state index is 11.9. The Labute approximate surface area is 102 Å². The van der Waals surface area contributed by atoms with Gasteiger partial charge in [-0.25, -0.2) is 0 Å². The number of esters is 1. The highest BCUT2D eigenvalue weighted by molar-refractivity contribution is 5.74. The Morgan fingerprint density at radius 2 is 2.29 bits per heavy atom. The van der Waals surface area contributed by atoms with E-state index >= 15 is 0 Å². The van der Waals surface area contributed by atoms with Crippen molar-refractivity contribution in [1.29, 1.82) is 0 Å². The van der Waals surface area contributed by atoms with Crippen molar-refractivity contribution in [3.8, 4) is 0 Å². The highest BCUT2D eigenvalue weighted by Crippen LogP contribution is 2.34. The molecule has 0 fully saturated rings. The Morgan fingerprint density at radius 1 is 1.47 bits per heavy atom. The molecule has 0 amide bonds. The summed E-state index contributed by atoms with van der Waals surface area (Å²) in [6.07, 6.45) is 9.44. The summed E-state index contributed by atoms with van der Waals surface area (Å²) in [5, 5.41) is 0. The van der Waals surface area contributed by atoms with Gasteiger partial charge >= 0.3 is 5.97 Å². The van der Waals surface area contributed by atoms with Gasteiger partial charge in [-0.15, -0.1) is 0 Å². The smallest absolute Gasteiger partial charge is 0.309 e. The Morgan fingerprint density at radius 3 is 3.00 bits per heavy atom. The number of allylic oxidation sites excluding steroid dienone is 2. The van der Waals surface area contributed by atoms with Crippen LogP contribution in [0.15, 0.2) is 36.7 Å².